The van der Waals surface area contributed by atoms with E-state index in [0.717, 1.165) is 11.8 Å². The topological polar surface area (TPSA) is 0 Å². The fraction of sp³-hybridized carbons (Fsp3) is 0.714. The van der Waals surface area contributed by atoms with Crippen LogP contribution in [0, 0.1) is 11.8 Å². The van der Waals surface area contributed by atoms with Gasteiger partial charge in [-0.3, -0.25) is 0 Å². The Kier molecular flexibility index (Phi) is 4.44. The lowest BCUT2D eigenvalue weighted by Crippen LogP contribution is -2.12. The normalized spacial score (nSPS) is 20.3. The van der Waals surface area contributed by atoms with Crippen molar-refractivity contribution in [3.05, 3.63) is 23.3 Å². The van der Waals surface area contributed by atoms with Crippen molar-refractivity contribution < 1.29 is 0 Å². The summed E-state index contributed by atoms with van der Waals surface area (Å²) in [5.41, 5.74) is 3.29. The summed E-state index contributed by atoms with van der Waals surface area (Å²) in [6.07, 6.45) is 9.78. The van der Waals surface area contributed by atoms with E-state index < -0.39 is 0 Å². The Balaban J connectivity index is 2.57. The molecule has 2 unspecified atom stereocenters. The van der Waals surface area contributed by atoms with Crippen molar-refractivity contribution >= 4 is 0 Å². The quantitative estimate of drug-likeness (QED) is 0.591. The summed E-state index contributed by atoms with van der Waals surface area (Å²) < 4.78 is 0. The van der Waals surface area contributed by atoms with Crippen LogP contribution in [0.4, 0.5) is 0 Å². The van der Waals surface area contributed by atoms with Gasteiger partial charge in [0.15, 0.2) is 0 Å². The van der Waals surface area contributed by atoms with Crippen LogP contribution in [0.1, 0.15) is 53.4 Å². The number of hydrogen-bond acceptors (Lipinski definition) is 0. The van der Waals surface area contributed by atoms with Gasteiger partial charge in [-0.15, -0.1) is 0 Å². The summed E-state index contributed by atoms with van der Waals surface area (Å²) in [6, 6.07) is 0. The second kappa shape index (κ2) is 5.38. The van der Waals surface area contributed by atoms with Gasteiger partial charge in [0, 0.05) is 0 Å². The van der Waals surface area contributed by atoms with E-state index in [-0.39, 0.29) is 0 Å². The molecular formula is C14H24. The molecule has 14 heavy (non-hydrogen) atoms. The highest BCUT2D eigenvalue weighted by molar-refractivity contribution is 5.31. The smallest absolute Gasteiger partial charge is 0.00994 e. The van der Waals surface area contributed by atoms with Crippen molar-refractivity contribution in [2.45, 2.75) is 53.4 Å². The number of allylic oxidation sites excluding steroid dienone is 4. The zero-order valence-corrected chi connectivity index (χ0v) is 10.1. The van der Waals surface area contributed by atoms with E-state index in [1.807, 2.05) is 0 Å². The first-order valence-electron chi connectivity index (χ1n) is 6.11. The van der Waals surface area contributed by atoms with Crippen LogP contribution >= 0.6 is 0 Å². The fourth-order valence-corrected chi connectivity index (χ4v) is 2.42. The Bertz CT molecular complexity index is 232. The average molecular weight is 192 g/mol. The molecule has 0 nitrogen and oxygen atoms in total. The zero-order valence-electron chi connectivity index (χ0n) is 10.1. The highest BCUT2D eigenvalue weighted by Crippen LogP contribution is 2.34. The molecule has 0 aromatic heterocycles. The summed E-state index contributed by atoms with van der Waals surface area (Å²) >= 11 is 0. The molecule has 1 aliphatic rings. The number of rotatable bonds is 5. The molecular weight excluding hydrogens is 168 g/mol. The van der Waals surface area contributed by atoms with E-state index in [4.69, 9.17) is 0 Å². The molecule has 0 radical (unpaired) electrons. The predicted molar refractivity (Wildman–Crippen MR) is 64.3 cm³/mol. The number of hydrogen-bond donors (Lipinski definition) is 0. The maximum absolute atomic E-state index is 2.39. The minimum absolute atomic E-state index is 0.820. The Labute approximate surface area is 89.1 Å². The van der Waals surface area contributed by atoms with Crippen molar-refractivity contribution in [2.24, 2.45) is 11.8 Å². The second-order valence-corrected chi connectivity index (χ2v) is 4.50. The minimum atomic E-state index is 0.820. The Hall–Kier alpha value is -0.520. The van der Waals surface area contributed by atoms with Crippen LogP contribution in [0.2, 0.25) is 0 Å². The Morgan fingerprint density at radius 1 is 1.14 bits per heavy atom. The average Bonchev–Trinajstić information content (AvgIpc) is 2.67. The van der Waals surface area contributed by atoms with E-state index in [1.165, 1.54) is 25.7 Å². The second-order valence-electron chi connectivity index (χ2n) is 4.50. The predicted octanol–water partition coefficient (Wildman–Crippen LogP) is 4.73. The van der Waals surface area contributed by atoms with Gasteiger partial charge in [-0.1, -0.05) is 57.4 Å². The van der Waals surface area contributed by atoms with Gasteiger partial charge in [0.2, 0.25) is 0 Å². The van der Waals surface area contributed by atoms with Gasteiger partial charge in [0.1, 0.15) is 0 Å². The van der Waals surface area contributed by atoms with Crippen LogP contribution in [0.15, 0.2) is 23.3 Å². The molecule has 0 saturated carbocycles. The molecule has 0 amide bonds. The van der Waals surface area contributed by atoms with E-state index >= 15 is 0 Å². The molecule has 0 heterocycles. The molecule has 0 N–H and O–H groups in total. The summed E-state index contributed by atoms with van der Waals surface area (Å²) in [5.74, 6) is 1.66. The molecule has 0 aliphatic heterocycles. The first-order chi connectivity index (χ1) is 6.72. The van der Waals surface area contributed by atoms with Crippen LogP contribution in [0.3, 0.4) is 0 Å². The molecule has 0 spiro atoms. The van der Waals surface area contributed by atoms with E-state index in [9.17, 15) is 0 Å². The molecule has 0 heteroatoms. The SMILES string of the molecule is CCC1=CC=C(C(CC)C(C)CC)C1. The summed E-state index contributed by atoms with van der Waals surface area (Å²) in [4.78, 5) is 0. The van der Waals surface area contributed by atoms with Gasteiger partial charge in [0.25, 0.3) is 0 Å². The van der Waals surface area contributed by atoms with E-state index in [2.05, 4.69) is 39.8 Å². The van der Waals surface area contributed by atoms with Gasteiger partial charge in [-0.25, -0.2) is 0 Å². The highest BCUT2D eigenvalue weighted by atomic mass is 14.3. The van der Waals surface area contributed by atoms with Crippen LogP contribution in [-0.4, -0.2) is 0 Å². The first-order valence-corrected chi connectivity index (χ1v) is 6.11. The van der Waals surface area contributed by atoms with Crippen LogP contribution in [0.25, 0.3) is 0 Å². The summed E-state index contributed by atoms with van der Waals surface area (Å²) in [7, 11) is 0. The summed E-state index contributed by atoms with van der Waals surface area (Å²) in [6.45, 7) is 9.27. The monoisotopic (exact) mass is 192 g/mol. The summed E-state index contributed by atoms with van der Waals surface area (Å²) in [5, 5.41) is 0. The lowest BCUT2D eigenvalue weighted by molar-refractivity contribution is 0.383. The third-order valence-corrected chi connectivity index (χ3v) is 3.67. The molecule has 0 bridgehead atoms. The van der Waals surface area contributed by atoms with Gasteiger partial charge in [-0.05, 0) is 31.1 Å². The lowest BCUT2D eigenvalue weighted by atomic mass is 9.82. The third kappa shape index (κ3) is 2.50. The van der Waals surface area contributed by atoms with E-state index in [0.29, 0.717) is 0 Å². The molecule has 0 saturated heterocycles. The van der Waals surface area contributed by atoms with E-state index in [1.54, 1.807) is 11.1 Å². The van der Waals surface area contributed by atoms with Gasteiger partial charge < -0.3 is 0 Å². The molecule has 1 aliphatic carbocycles. The fourth-order valence-electron chi connectivity index (χ4n) is 2.42. The highest BCUT2D eigenvalue weighted by Gasteiger charge is 2.20. The van der Waals surface area contributed by atoms with Crippen LogP contribution in [-0.2, 0) is 0 Å². The molecule has 80 valence electrons. The molecule has 2 atom stereocenters. The molecule has 0 aromatic carbocycles. The first kappa shape index (κ1) is 11.6. The maximum Gasteiger partial charge on any atom is -0.00994 e. The van der Waals surface area contributed by atoms with Gasteiger partial charge in [0.05, 0.1) is 0 Å². The van der Waals surface area contributed by atoms with Crippen molar-refractivity contribution in [3.8, 4) is 0 Å². The Morgan fingerprint density at radius 3 is 2.29 bits per heavy atom. The van der Waals surface area contributed by atoms with Crippen molar-refractivity contribution in [3.63, 3.8) is 0 Å². The van der Waals surface area contributed by atoms with Crippen molar-refractivity contribution in [1.82, 2.24) is 0 Å². The zero-order chi connectivity index (χ0) is 10.6. The minimum Gasteiger partial charge on any atom is -0.0664 e. The van der Waals surface area contributed by atoms with Gasteiger partial charge in [-0.2, -0.15) is 0 Å². The molecule has 0 aromatic rings. The van der Waals surface area contributed by atoms with Crippen LogP contribution < -0.4 is 0 Å². The maximum atomic E-state index is 2.39. The van der Waals surface area contributed by atoms with Crippen LogP contribution in [0.5, 0.6) is 0 Å². The Morgan fingerprint density at radius 2 is 1.86 bits per heavy atom. The molecule has 0 fully saturated rings. The largest absolute Gasteiger partial charge is 0.0664 e. The van der Waals surface area contributed by atoms with Crippen molar-refractivity contribution in [1.29, 1.82) is 0 Å². The standard InChI is InChI=1S/C14H24/c1-5-11(4)14(7-3)13-9-8-12(6-2)10-13/h8-9,11,14H,5-7,10H2,1-4H3. The van der Waals surface area contributed by atoms with Gasteiger partial charge >= 0.3 is 0 Å². The molecule has 1 rings (SSSR count). The van der Waals surface area contributed by atoms with Crippen molar-refractivity contribution in [2.75, 3.05) is 0 Å². The lowest BCUT2D eigenvalue weighted by Gasteiger charge is -2.23. The third-order valence-electron chi connectivity index (χ3n) is 3.67.